The van der Waals surface area contributed by atoms with Gasteiger partial charge in [0.05, 0.1) is 6.10 Å². The van der Waals surface area contributed by atoms with Crippen LogP contribution in [0.25, 0.3) is 0 Å². The molecule has 0 radical (unpaired) electrons. The van der Waals surface area contributed by atoms with Crippen LogP contribution in [0.2, 0.25) is 0 Å². The zero-order valence-corrected chi connectivity index (χ0v) is 15.3. The third-order valence-corrected chi connectivity index (χ3v) is 7.07. The molecule has 2 saturated carbocycles. The second kappa shape index (κ2) is 6.05. The van der Waals surface area contributed by atoms with E-state index in [1.54, 1.807) is 23.0 Å². The summed E-state index contributed by atoms with van der Waals surface area (Å²) in [4.78, 5) is 0. The summed E-state index contributed by atoms with van der Waals surface area (Å²) in [7, 11) is -5.56. The van der Waals surface area contributed by atoms with Gasteiger partial charge in [0.15, 0.2) is 23.0 Å². The molecule has 2 unspecified atom stereocenters. The molecule has 0 heterocycles. The molecule has 0 amide bonds. The van der Waals surface area contributed by atoms with Gasteiger partial charge in [-0.05, 0) is 43.1 Å². The quantitative estimate of drug-likeness (QED) is 0.347. The Kier molecular flexibility index (Phi) is 4.68. The SMILES string of the molecule is O=S(=O)(OC1CCC(OI)=C2C1CCC21CCCC1)C(F)(F)F. The van der Waals surface area contributed by atoms with Crippen molar-refractivity contribution < 1.29 is 28.8 Å². The lowest BCUT2D eigenvalue weighted by Gasteiger charge is -2.35. The standard InChI is InChI=1S/C14H18F3IO4S/c15-14(16,17)23(19,20)22-10-3-4-11(21-18)12-9(10)5-8-13(12)6-1-2-7-13/h9-10H,1-8H2. The molecule has 0 saturated heterocycles. The van der Waals surface area contributed by atoms with Crippen molar-refractivity contribution in [2.24, 2.45) is 11.3 Å². The highest BCUT2D eigenvalue weighted by Crippen LogP contribution is 2.60. The van der Waals surface area contributed by atoms with Crippen molar-refractivity contribution >= 4 is 33.1 Å². The molecular weight excluding hydrogens is 448 g/mol. The van der Waals surface area contributed by atoms with Crippen molar-refractivity contribution in [3.8, 4) is 0 Å². The molecule has 0 bridgehead atoms. The summed E-state index contributed by atoms with van der Waals surface area (Å²) >= 11 is 1.80. The summed E-state index contributed by atoms with van der Waals surface area (Å²) in [5.74, 6) is 0.531. The van der Waals surface area contributed by atoms with Gasteiger partial charge < -0.3 is 3.07 Å². The molecular formula is C14H18F3IO4S. The van der Waals surface area contributed by atoms with Crippen LogP contribution >= 0.6 is 23.0 Å². The van der Waals surface area contributed by atoms with E-state index in [0.29, 0.717) is 12.8 Å². The summed E-state index contributed by atoms with van der Waals surface area (Å²) in [5, 5.41) is 0. The summed E-state index contributed by atoms with van der Waals surface area (Å²) < 4.78 is 70.7. The normalized spacial score (nSPS) is 30.8. The van der Waals surface area contributed by atoms with Crippen LogP contribution in [0.15, 0.2) is 11.3 Å². The minimum atomic E-state index is -5.56. The van der Waals surface area contributed by atoms with Gasteiger partial charge in [-0.3, -0.25) is 4.18 Å². The number of hydrogen-bond donors (Lipinski definition) is 0. The fourth-order valence-corrected chi connectivity index (χ4v) is 5.69. The molecule has 0 aliphatic heterocycles. The number of fused-ring (bicyclic) bond motifs is 2. The van der Waals surface area contributed by atoms with Gasteiger partial charge in [-0.25, -0.2) is 0 Å². The van der Waals surface area contributed by atoms with Crippen LogP contribution in [0.1, 0.15) is 51.4 Å². The summed E-state index contributed by atoms with van der Waals surface area (Å²) in [6.07, 6.45) is 5.45. The van der Waals surface area contributed by atoms with Crippen molar-refractivity contribution in [3.05, 3.63) is 11.3 Å². The monoisotopic (exact) mass is 466 g/mol. The van der Waals surface area contributed by atoms with E-state index < -0.39 is 21.7 Å². The Labute approximate surface area is 147 Å². The molecule has 3 aliphatic rings. The van der Waals surface area contributed by atoms with Gasteiger partial charge in [0.25, 0.3) is 0 Å². The lowest BCUT2D eigenvalue weighted by Crippen LogP contribution is -2.37. The first-order valence-electron chi connectivity index (χ1n) is 7.72. The molecule has 0 aromatic heterocycles. The first-order chi connectivity index (χ1) is 10.7. The van der Waals surface area contributed by atoms with Crippen molar-refractivity contribution in [2.75, 3.05) is 0 Å². The fourth-order valence-electron chi connectivity index (χ4n) is 4.57. The summed E-state index contributed by atoms with van der Waals surface area (Å²) in [6.45, 7) is 0. The summed E-state index contributed by atoms with van der Waals surface area (Å²) in [6, 6.07) is 0. The Hall–Kier alpha value is -0.0300. The second-order valence-electron chi connectivity index (χ2n) is 6.62. The number of rotatable bonds is 3. The molecule has 9 heteroatoms. The van der Waals surface area contributed by atoms with Gasteiger partial charge in [0.1, 0.15) is 5.76 Å². The lowest BCUT2D eigenvalue weighted by molar-refractivity contribution is -0.0596. The number of hydrogen-bond acceptors (Lipinski definition) is 4. The van der Waals surface area contributed by atoms with Crippen LogP contribution in [0.4, 0.5) is 13.2 Å². The Morgan fingerprint density at radius 1 is 1.13 bits per heavy atom. The first kappa shape index (κ1) is 17.8. The molecule has 2 atom stereocenters. The van der Waals surface area contributed by atoms with Gasteiger partial charge in [-0.15, -0.1) is 0 Å². The zero-order chi connectivity index (χ0) is 16.9. The Balaban J connectivity index is 1.90. The van der Waals surface area contributed by atoms with Gasteiger partial charge >= 0.3 is 15.6 Å². The maximum atomic E-state index is 12.6. The first-order valence-corrected chi connectivity index (χ1v) is 10.0. The zero-order valence-electron chi connectivity index (χ0n) is 12.4. The third-order valence-electron chi connectivity index (χ3n) is 5.47. The molecule has 23 heavy (non-hydrogen) atoms. The van der Waals surface area contributed by atoms with Gasteiger partial charge in [-0.1, -0.05) is 12.8 Å². The maximum Gasteiger partial charge on any atom is 0.523 e. The molecule has 4 nitrogen and oxygen atoms in total. The van der Waals surface area contributed by atoms with Crippen molar-refractivity contribution in [1.29, 1.82) is 0 Å². The van der Waals surface area contributed by atoms with E-state index in [2.05, 4.69) is 4.18 Å². The second-order valence-corrected chi connectivity index (χ2v) is 8.62. The van der Waals surface area contributed by atoms with Gasteiger partial charge in [0, 0.05) is 12.3 Å². The number of allylic oxidation sites excluding steroid dienone is 1. The third kappa shape index (κ3) is 3.01. The van der Waals surface area contributed by atoms with E-state index in [9.17, 15) is 21.6 Å². The van der Waals surface area contributed by atoms with E-state index in [0.717, 1.165) is 43.4 Å². The van der Waals surface area contributed by atoms with E-state index in [-0.39, 0.29) is 17.8 Å². The molecule has 3 aliphatic carbocycles. The van der Waals surface area contributed by atoms with E-state index >= 15 is 0 Å². The predicted molar refractivity (Wildman–Crippen MR) is 84.8 cm³/mol. The summed E-state index contributed by atoms with van der Waals surface area (Å²) in [5.41, 5.74) is -4.37. The van der Waals surface area contributed by atoms with Crippen LogP contribution < -0.4 is 0 Å². The molecule has 132 valence electrons. The predicted octanol–water partition coefficient (Wildman–Crippen LogP) is 4.61. The van der Waals surface area contributed by atoms with E-state index in [1.807, 2.05) is 0 Å². The smallest absolute Gasteiger partial charge is 0.432 e. The van der Waals surface area contributed by atoms with Crippen molar-refractivity contribution in [2.45, 2.75) is 63.0 Å². The van der Waals surface area contributed by atoms with Gasteiger partial charge in [-0.2, -0.15) is 21.6 Å². The van der Waals surface area contributed by atoms with Crippen LogP contribution in [0.5, 0.6) is 0 Å². The number of halogens is 4. The Bertz CT molecular complexity index is 608. The molecule has 3 rings (SSSR count). The molecule has 0 N–H and O–H groups in total. The van der Waals surface area contributed by atoms with E-state index in [4.69, 9.17) is 3.07 Å². The maximum absolute atomic E-state index is 12.6. The lowest BCUT2D eigenvalue weighted by atomic mass is 9.74. The average molecular weight is 466 g/mol. The highest BCUT2D eigenvalue weighted by atomic mass is 127. The molecule has 0 aromatic rings. The Morgan fingerprint density at radius 3 is 2.35 bits per heavy atom. The number of alkyl halides is 3. The molecule has 1 spiro atoms. The fraction of sp³-hybridized carbons (Fsp3) is 0.857. The average Bonchev–Trinajstić information content (AvgIpc) is 3.08. The Morgan fingerprint density at radius 2 is 1.78 bits per heavy atom. The van der Waals surface area contributed by atoms with Crippen molar-refractivity contribution in [3.63, 3.8) is 0 Å². The highest BCUT2D eigenvalue weighted by Gasteiger charge is 2.55. The molecule has 2 fully saturated rings. The highest BCUT2D eigenvalue weighted by molar-refractivity contribution is 14.1. The largest absolute Gasteiger partial charge is 0.523 e. The van der Waals surface area contributed by atoms with E-state index in [1.165, 1.54) is 0 Å². The minimum Gasteiger partial charge on any atom is -0.432 e. The van der Waals surface area contributed by atoms with Crippen molar-refractivity contribution in [1.82, 2.24) is 0 Å². The van der Waals surface area contributed by atoms with Gasteiger partial charge in [0.2, 0.25) is 0 Å². The molecule has 0 aromatic carbocycles. The van der Waals surface area contributed by atoms with Crippen LogP contribution in [-0.2, 0) is 17.4 Å². The van der Waals surface area contributed by atoms with Crippen LogP contribution in [-0.4, -0.2) is 20.0 Å². The topological polar surface area (TPSA) is 52.6 Å². The minimum absolute atomic E-state index is 0.0187. The van der Waals surface area contributed by atoms with Crippen LogP contribution in [0, 0.1) is 11.3 Å². The van der Waals surface area contributed by atoms with Crippen LogP contribution in [0.3, 0.4) is 0 Å².